The van der Waals surface area contributed by atoms with Gasteiger partial charge in [0.1, 0.15) is 0 Å². The molecule has 0 saturated heterocycles. The standard InChI is InChI=1S/C23H29.C11H17.C8H8.2ClH.Zr/c1-14-9-16-11-17-10-15(2)21(23(6,7)8)13-19(17)18(16)12-20(14)22(3,4)5;1-5-9-6-7-10(8-9)11(2,3)4;1-2-8-6-4-3-5-7-8;;;/h9,12-13H,11H2,1-8H3;7-9H,5H2,1-4H3;3-7H,1H3;2*1H;/q;;;;;+2/p-2. The third-order valence-electron chi connectivity index (χ3n) is 9.94. The van der Waals surface area contributed by atoms with Gasteiger partial charge < -0.3 is 24.8 Å². The molecule has 45 heavy (non-hydrogen) atoms. The minimum Gasteiger partial charge on any atom is -1.00 e. The predicted molar refractivity (Wildman–Crippen MR) is 187 cm³/mol. The van der Waals surface area contributed by atoms with Crippen molar-refractivity contribution in [1.82, 2.24) is 0 Å². The molecule has 0 saturated carbocycles. The van der Waals surface area contributed by atoms with Crippen LogP contribution >= 0.6 is 0 Å². The molecule has 2 aliphatic rings. The van der Waals surface area contributed by atoms with Crippen molar-refractivity contribution in [3.05, 3.63) is 108 Å². The minimum atomic E-state index is -2.64. The van der Waals surface area contributed by atoms with Crippen molar-refractivity contribution in [2.24, 2.45) is 11.3 Å². The molecule has 5 rings (SSSR count). The number of rotatable bonds is 4. The van der Waals surface area contributed by atoms with E-state index in [1.807, 2.05) is 0 Å². The zero-order valence-electron chi connectivity index (χ0n) is 30.0. The Labute approximate surface area is 295 Å². The van der Waals surface area contributed by atoms with Crippen molar-refractivity contribution in [1.29, 1.82) is 0 Å². The molecule has 0 nitrogen and oxygen atoms in total. The largest absolute Gasteiger partial charge is 1.00 e. The molecular formula is C42H54Cl2Zr. The first-order valence-electron chi connectivity index (χ1n) is 16.5. The van der Waals surface area contributed by atoms with Gasteiger partial charge in [0.05, 0.1) is 0 Å². The first-order chi connectivity index (χ1) is 19.9. The molecule has 0 N–H and O–H groups in total. The van der Waals surface area contributed by atoms with E-state index in [1.54, 1.807) is 20.9 Å². The number of benzene rings is 3. The summed E-state index contributed by atoms with van der Waals surface area (Å²) in [6.07, 6.45) is 7.54. The third-order valence-corrected chi connectivity index (χ3v) is 18.1. The Morgan fingerprint density at radius 1 is 0.778 bits per heavy atom. The van der Waals surface area contributed by atoms with Crippen molar-refractivity contribution in [2.75, 3.05) is 0 Å². The Hall–Kier alpha value is -1.53. The van der Waals surface area contributed by atoms with Gasteiger partial charge in [0, 0.05) is 0 Å². The van der Waals surface area contributed by atoms with Crippen LogP contribution in [0, 0.1) is 25.2 Å². The van der Waals surface area contributed by atoms with Crippen LogP contribution in [-0.2, 0) is 38.5 Å². The first kappa shape index (κ1) is 37.9. The Morgan fingerprint density at radius 2 is 1.36 bits per heavy atom. The molecule has 0 radical (unpaired) electrons. The van der Waals surface area contributed by atoms with Crippen LogP contribution in [0.2, 0.25) is 0 Å². The summed E-state index contributed by atoms with van der Waals surface area (Å²) in [5.41, 5.74) is 15.5. The van der Waals surface area contributed by atoms with Crippen molar-refractivity contribution in [3.8, 4) is 11.1 Å². The van der Waals surface area contributed by atoms with Crippen LogP contribution in [0.3, 0.4) is 0 Å². The van der Waals surface area contributed by atoms with E-state index in [4.69, 9.17) is 0 Å². The predicted octanol–water partition coefficient (Wildman–Crippen LogP) is 4.86. The Kier molecular flexibility index (Phi) is 11.4. The number of hydrogen-bond donors (Lipinski definition) is 0. The van der Waals surface area contributed by atoms with E-state index in [9.17, 15) is 0 Å². The number of allylic oxidation sites excluding steroid dienone is 4. The van der Waals surface area contributed by atoms with Crippen LogP contribution in [0.4, 0.5) is 0 Å². The van der Waals surface area contributed by atoms with E-state index >= 15 is 0 Å². The van der Waals surface area contributed by atoms with Gasteiger partial charge in [-0.15, -0.1) is 0 Å². The average Bonchev–Trinajstić information content (AvgIpc) is 3.49. The van der Waals surface area contributed by atoms with Gasteiger partial charge in [-0.2, -0.15) is 0 Å². The van der Waals surface area contributed by atoms with Gasteiger partial charge in [-0.3, -0.25) is 0 Å². The summed E-state index contributed by atoms with van der Waals surface area (Å²) in [7, 11) is 0. The van der Waals surface area contributed by atoms with E-state index in [1.165, 1.54) is 50.9 Å². The van der Waals surface area contributed by atoms with Gasteiger partial charge in [0.2, 0.25) is 0 Å². The van der Waals surface area contributed by atoms with E-state index in [-0.39, 0.29) is 41.1 Å². The van der Waals surface area contributed by atoms with Gasteiger partial charge in [-0.1, -0.05) is 0 Å². The molecule has 3 aromatic carbocycles. The molecule has 3 heteroatoms. The second kappa shape index (κ2) is 13.5. The summed E-state index contributed by atoms with van der Waals surface area (Å²) in [6, 6.07) is 19.0. The molecule has 240 valence electrons. The summed E-state index contributed by atoms with van der Waals surface area (Å²) in [5, 5.41) is 0. The van der Waals surface area contributed by atoms with Gasteiger partial charge >= 0.3 is 272 Å². The van der Waals surface area contributed by atoms with Crippen LogP contribution in [0.5, 0.6) is 0 Å². The number of halogens is 2. The second-order valence-electron chi connectivity index (χ2n) is 16.3. The molecule has 0 aromatic heterocycles. The van der Waals surface area contributed by atoms with Gasteiger partial charge in [-0.05, 0) is 0 Å². The fraction of sp³-hybridized carbons (Fsp3) is 0.452. The number of aryl methyl sites for hydroxylation is 1. The summed E-state index contributed by atoms with van der Waals surface area (Å²) in [5.74, 6) is 0.536. The summed E-state index contributed by atoms with van der Waals surface area (Å²) in [6.45, 7) is 31.2. The summed E-state index contributed by atoms with van der Waals surface area (Å²) < 4.78 is 5.19. The molecule has 3 aromatic rings. The van der Waals surface area contributed by atoms with Crippen LogP contribution in [-0.4, -0.2) is 3.21 Å². The Morgan fingerprint density at radius 3 is 1.89 bits per heavy atom. The van der Waals surface area contributed by atoms with Gasteiger partial charge in [0.25, 0.3) is 0 Å². The Bertz CT molecular complexity index is 1680. The normalized spacial score (nSPS) is 16.2. The molecular weight excluding hydrogens is 667 g/mol. The molecule has 0 amide bonds. The summed E-state index contributed by atoms with van der Waals surface area (Å²) >= 11 is -2.64. The fourth-order valence-corrected chi connectivity index (χ4v) is 16.3. The van der Waals surface area contributed by atoms with Crippen LogP contribution < -0.4 is 28.1 Å². The fourth-order valence-electron chi connectivity index (χ4n) is 7.61. The maximum absolute atomic E-state index is 2.68. The second-order valence-corrected chi connectivity index (χ2v) is 22.6. The number of hydrogen-bond acceptors (Lipinski definition) is 0. The molecule has 0 heterocycles. The monoisotopic (exact) mass is 718 g/mol. The smallest absolute Gasteiger partial charge is 1.00 e. The zero-order chi connectivity index (χ0) is 31.6. The van der Waals surface area contributed by atoms with Crippen LogP contribution in [0.15, 0.2) is 69.5 Å². The average molecular weight is 721 g/mol. The quantitative estimate of drug-likeness (QED) is 0.283. The Balaban J connectivity index is 0.00000276. The molecule has 1 atom stereocenters. The van der Waals surface area contributed by atoms with Gasteiger partial charge in [0.15, 0.2) is 0 Å². The van der Waals surface area contributed by atoms with E-state index < -0.39 is 21.3 Å². The topological polar surface area (TPSA) is 0 Å². The van der Waals surface area contributed by atoms with E-state index in [0.717, 1.165) is 6.42 Å². The molecule has 1 unspecified atom stereocenters. The van der Waals surface area contributed by atoms with E-state index in [2.05, 4.69) is 151 Å². The molecule has 0 bridgehead atoms. The minimum absolute atomic E-state index is 0. The van der Waals surface area contributed by atoms with Crippen molar-refractivity contribution in [3.63, 3.8) is 0 Å². The van der Waals surface area contributed by atoms with Crippen molar-refractivity contribution >= 4 is 6.48 Å². The molecule has 2 aliphatic carbocycles. The van der Waals surface area contributed by atoms with Gasteiger partial charge in [-0.25, -0.2) is 0 Å². The summed E-state index contributed by atoms with van der Waals surface area (Å²) in [4.78, 5) is 0. The SMILES string of the molecule is CCC1C=C(C(C)(C)C)C=[C]1/[Zr+2](=[C](\C)c1ccccc1)[c]1c(C)c(C(C)(C)C)cc2c1Cc1cc(C)c(C(C)(C)C)cc1-2.[Cl-].[Cl-]. The van der Waals surface area contributed by atoms with Crippen LogP contribution in [0.1, 0.15) is 122 Å². The number of fused-ring (bicyclic) bond motifs is 3. The van der Waals surface area contributed by atoms with Crippen molar-refractivity contribution in [2.45, 2.75) is 114 Å². The molecule has 0 fully saturated rings. The van der Waals surface area contributed by atoms with E-state index in [0.29, 0.717) is 5.92 Å². The third kappa shape index (κ3) is 7.17. The maximum atomic E-state index is 2.68. The van der Waals surface area contributed by atoms with Crippen LogP contribution in [0.25, 0.3) is 11.1 Å². The molecule has 0 aliphatic heterocycles. The zero-order valence-corrected chi connectivity index (χ0v) is 34.0. The van der Waals surface area contributed by atoms with Crippen molar-refractivity contribution < 1.29 is 46.1 Å². The first-order valence-corrected chi connectivity index (χ1v) is 20.1. The maximum Gasteiger partial charge on any atom is -1.00 e. The molecule has 0 spiro atoms.